The van der Waals surface area contributed by atoms with Gasteiger partial charge in [-0.2, -0.15) is 5.10 Å². The van der Waals surface area contributed by atoms with Gasteiger partial charge < -0.3 is 15.2 Å². The molecule has 2 N–H and O–H groups in total. The Bertz CT molecular complexity index is 1600. The SMILES string of the molecule is O=C(O)C[C@@H](c1cnc2ccccc2n1)n1ncc2cc(OCCc3ccc4c(n3)NCCC4)ccc21. The third-order valence-corrected chi connectivity index (χ3v) is 6.62. The summed E-state index contributed by atoms with van der Waals surface area (Å²) in [6.07, 6.45) is 6.11. The summed E-state index contributed by atoms with van der Waals surface area (Å²) in [5.41, 5.74) is 5.10. The molecular formula is C28H26N6O3. The largest absolute Gasteiger partial charge is 0.493 e. The topological polar surface area (TPSA) is 115 Å². The molecular weight excluding hydrogens is 468 g/mol. The molecule has 2 aromatic carbocycles. The quantitative estimate of drug-likeness (QED) is 0.326. The first kappa shape index (κ1) is 22.9. The fourth-order valence-corrected chi connectivity index (χ4v) is 4.76. The van der Waals surface area contributed by atoms with Crippen molar-refractivity contribution < 1.29 is 14.6 Å². The van der Waals surface area contributed by atoms with Gasteiger partial charge in [-0.15, -0.1) is 0 Å². The van der Waals surface area contributed by atoms with E-state index in [2.05, 4.69) is 32.5 Å². The highest BCUT2D eigenvalue weighted by Gasteiger charge is 2.23. The maximum Gasteiger partial charge on any atom is 0.305 e. The van der Waals surface area contributed by atoms with Gasteiger partial charge in [0.1, 0.15) is 17.6 Å². The van der Waals surface area contributed by atoms with Crippen molar-refractivity contribution in [1.82, 2.24) is 24.7 Å². The molecule has 9 heteroatoms. The standard InChI is InChI=1S/C28H26N6O3/c35-27(36)15-26(24-17-30-22-5-1-2-6-23(22)33-24)34-25-10-9-21(14-19(25)16-31-34)37-13-11-20-8-7-18-4-3-12-29-28(18)32-20/h1-2,5-10,14,16-17,26H,3-4,11-13,15H2,(H,29,32)(H,35,36)/t26-/m0/s1. The summed E-state index contributed by atoms with van der Waals surface area (Å²) in [5, 5.41) is 18.4. The molecule has 37 heavy (non-hydrogen) atoms. The van der Waals surface area contributed by atoms with Crippen LogP contribution < -0.4 is 10.1 Å². The summed E-state index contributed by atoms with van der Waals surface area (Å²) < 4.78 is 7.72. The van der Waals surface area contributed by atoms with E-state index in [9.17, 15) is 9.90 Å². The van der Waals surface area contributed by atoms with Gasteiger partial charge in [-0.3, -0.25) is 14.5 Å². The van der Waals surface area contributed by atoms with Crippen LogP contribution in [0.5, 0.6) is 5.75 Å². The summed E-state index contributed by atoms with van der Waals surface area (Å²) in [5.74, 6) is 0.780. The van der Waals surface area contributed by atoms with Gasteiger partial charge in [0, 0.05) is 24.0 Å². The van der Waals surface area contributed by atoms with Crippen molar-refractivity contribution >= 4 is 33.7 Å². The molecule has 1 atom stereocenters. The van der Waals surface area contributed by atoms with Crippen LogP contribution in [0.25, 0.3) is 21.9 Å². The fourth-order valence-electron chi connectivity index (χ4n) is 4.76. The summed E-state index contributed by atoms with van der Waals surface area (Å²) >= 11 is 0. The minimum atomic E-state index is -0.936. The molecule has 0 saturated carbocycles. The lowest BCUT2D eigenvalue weighted by Gasteiger charge is -2.17. The van der Waals surface area contributed by atoms with E-state index >= 15 is 0 Å². The van der Waals surface area contributed by atoms with Crippen LogP contribution in [0.4, 0.5) is 5.82 Å². The highest BCUT2D eigenvalue weighted by atomic mass is 16.5. The van der Waals surface area contributed by atoms with E-state index in [-0.39, 0.29) is 6.42 Å². The number of nitrogens with zero attached hydrogens (tertiary/aromatic N) is 5. The second-order valence-corrected chi connectivity index (χ2v) is 9.15. The van der Waals surface area contributed by atoms with Crippen LogP contribution in [-0.2, 0) is 17.6 Å². The van der Waals surface area contributed by atoms with Crippen LogP contribution in [-0.4, -0.2) is 49.0 Å². The Kier molecular flexibility index (Phi) is 6.10. The van der Waals surface area contributed by atoms with Gasteiger partial charge in [0.2, 0.25) is 0 Å². The number of aliphatic carboxylic acids is 1. The first-order valence-electron chi connectivity index (χ1n) is 12.4. The number of carboxylic acids is 1. The van der Waals surface area contributed by atoms with Gasteiger partial charge >= 0.3 is 5.97 Å². The average molecular weight is 495 g/mol. The molecule has 0 aliphatic carbocycles. The Morgan fingerprint density at radius 3 is 2.86 bits per heavy atom. The number of ether oxygens (including phenoxy) is 1. The van der Waals surface area contributed by atoms with E-state index in [1.165, 1.54) is 5.56 Å². The summed E-state index contributed by atoms with van der Waals surface area (Å²) in [6.45, 7) is 1.47. The van der Waals surface area contributed by atoms with E-state index in [1.54, 1.807) is 17.1 Å². The minimum absolute atomic E-state index is 0.162. The number of rotatable bonds is 8. The lowest BCUT2D eigenvalue weighted by Crippen LogP contribution is -2.18. The molecule has 0 unspecified atom stereocenters. The number of anilines is 1. The van der Waals surface area contributed by atoms with Crippen LogP contribution in [0.1, 0.15) is 35.8 Å². The Morgan fingerprint density at radius 2 is 1.97 bits per heavy atom. The van der Waals surface area contributed by atoms with Crippen LogP contribution in [0, 0.1) is 0 Å². The number of pyridine rings is 1. The maximum atomic E-state index is 11.7. The molecule has 6 rings (SSSR count). The van der Waals surface area contributed by atoms with Crippen molar-refractivity contribution in [3.63, 3.8) is 0 Å². The van der Waals surface area contributed by atoms with Gasteiger partial charge in [0.15, 0.2) is 0 Å². The monoisotopic (exact) mass is 494 g/mol. The molecule has 0 radical (unpaired) electrons. The number of nitrogens with one attached hydrogen (secondary N) is 1. The molecule has 1 aliphatic heterocycles. The first-order chi connectivity index (χ1) is 18.1. The van der Waals surface area contributed by atoms with Crippen LogP contribution >= 0.6 is 0 Å². The lowest BCUT2D eigenvalue weighted by molar-refractivity contribution is -0.137. The van der Waals surface area contributed by atoms with Crippen LogP contribution in [0.15, 0.2) is 67.0 Å². The predicted octanol–water partition coefficient (Wildman–Crippen LogP) is 4.42. The Balaban J connectivity index is 1.21. The van der Waals surface area contributed by atoms with E-state index in [0.717, 1.165) is 53.1 Å². The normalized spacial score (nSPS) is 13.7. The lowest BCUT2D eigenvalue weighted by atomic mass is 10.1. The van der Waals surface area contributed by atoms with Gasteiger partial charge in [0.05, 0.1) is 47.7 Å². The zero-order chi connectivity index (χ0) is 25.2. The second kappa shape index (κ2) is 9.85. The fraction of sp³-hybridized carbons (Fsp3) is 0.250. The summed E-state index contributed by atoms with van der Waals surface area (Å²) in [7, 11) is 0. The van der Waals surface area contributed by atoms with E-state index in [4.69, 9.17) is 9.72 Å². The number of hydrogen-bond donors (Lipinski definition) is 2. The predicted molar refractivity (Wildman–Crippen MR) is 140 cm³/mol. The second-order valence-electron chi connectivity index (χ2n) is 9.15. The van der Waals surface area contributed by atoms with E-state index in [0.29, 0.717) is 24.2 Å². The minimum Gasteiger partial charge on any atom is -0.493 e. The van der Waals surface area contributed by atoms with Crippen molar-refractivity contribution in [2.45, 2.75) is 31.7 Å². The van der Waals surface area contributed by atoms with Crippen LogP contribution in [0.3, 0.4) is 0 Å². The molecule has 0 bridgehead atoms. The number of carbonyl (C=O) groups is 1. The van der Waals surface area contributed by atoms with E-state index < -0.39 is 12.0 Å². The number of hydrogen-bond acceptors (Lipinski definition) is 7. The number of benzene rings is 2. The molecule has 186 valence electrons. The molecule has 1 aliphatic rings. The van der Waals surface area contributed by atoms with Gasteiger partial charge in [-0.05, 0) is 54.8 Å². The Hall–Kier alpha value is -4.53. The zero-order valence-electron chi connectivity index (χ0n) is 20.2. The molecule has 0 saturated heterocycles. The molecule has 0 fully saturated rings. The van der Waals surface area contributed by atoms with Crippen LogP contribution in [0.2, 0.25) is 0 Å². The van der Waals surface area contributed by atoms with Crippen molar-refractivity contribution in [1.29, 1.82) is 0 Å². The van der Waals surface area contributed by atoms with Gasteiger partial charge in [-0.1, -0.05) is 18.2 Å². The molecule has 0 amide bonds. The van der Waals surface area contributed by atoms with Gasteiger partial charge in [0.25, 0.3) is 0 Å². The number of fused-ring (bicyclic) bond motifs is 3. The number of para-hydroxylation sites is 2. The third-order valence-electron chi connectivity index (χ3n) is 6.62. The van der Waals surface area contributed by atoms with Crippen molar-refractivity contribution in [2.24, 2.45) is 0 Å². The highest BCUT2D eigenvalue weighted by molar-refractivity contribution is 5.81. The number of carboxylic acid groups (broad SMARTS) is 1. The Morgan fingerprint density at radius 1 is 1.08 bits per heavy atom. The highest BCUT2D eigenvalue weighted by Crippen LogP contribution is 2.28. The zero-order valence-corrected chi connectivity index (χ0v) is 20.2. The van der Waals surface area contributed by atoms with Crippen molar-refractivity contribution in [3.8, 4) is 5.75 Å². The molecule has 5 aromatic rings. The summed E-state index contributed by atoms with van der Waals surface area (Å²) in [6, 6.07) is 16.9. The molecule has 3 aromatic heterocycles. The number of aromatic nitrogens is 5. The van der Waals surface area contributed by atoms with E-state index in [1.807, 2.05) is 42.5 Å². The van der Waals surface area contributed by atoms with Crippen molar-refractivity contribution in [3.05, 3.63) is 83.9 Å². The molecule has 9 nitrogen and oxygen atoms in total. The molecule has 4 heterocycles. The van der Waals surface area contributed by atoms with Crippen molar-refractivity contribution in [2.75, 3.05) is 18.5 Å². The maximum absolute atomic E-state index is 11.7. The molecule has 0 spiro atoms. The average Bonchev–Trinajstić information content (AvgIpc) is 3.34. The first-order valence-corrected chi connectivity index (χ1v) is 12.4. The van der Waals surface area contributed by atoms with Gasteiger partial charge in [-0.25, -0.2) is 9.97 Å². The third kappa shape index (κ3) is 4.80. The summed E-state index contributed by atoms with van der Waals surface area (Å²) in [4.78, 5) is 25.6. The Labute approximate surface area is 213 Å². The number of aryl methyl sites for hydroxylation is 1. The smallest absolute Gasteiger partial charge is 0.305 e.